The number of carbonyl (C=O) groups excluding carboxylic acids is 2. The Balaban J connectivity index is 1.34. The minimum atomic E-state index is -0.357. The average molecular weight is 443 g/mol. The number of carbonyl (C=O) groups is 2. The maximum Gasteiger partial charge on any atom is 0.291 e. The molecular formula is C26H26N4O3. The average Bonchev–Trinajstić information content (AvgIpc) is 3.45. The van der Waals surface area contributed by atoms with Gasteiger partial charge in [-0.3, -0.25) is 9.59 Å². The summed E-state index contributed by atoms with van der Waals surface area (Å²) in [6.07, 6.45) is 2.15. The summed E-state index contributed by atoms with van der Waals surface area (Å²) in [5, 5.41) is 10.2. The Morgan fingerprint density at radius 1 is 0.970 bits per heavy atom. The SMILES string of the molecule is Cc1cc(C)n(-c2ccc(CCNC(=O)c3ccc(C)c(NC(=O)c4ccco4)c3)cc2)n1. The van der Waals surface area contributed by atoms with Gasteiger partial charge in [0.05, 0.1) is 17.6 Å². The third-order valence-electron chi connectivity index (χ3n) is 5.38. The molecule has 0 unspecified atom stereocenters. The molecule has 4 aromatic rings. The van der Waals surface area contributed by atoms with Crippen LogP contribution in [0.5, 0.6) is 0 Å². The van der Waals surface area contributed by atoms with Gasteiger partial charge >= 0.3 is 0 Å². The van der Waals surface area contributed by atoms with Crippen molar-refractivity contribution in [2.75, 3.05) is 11.9 Å². The molecule has 2 aromatic carbocycles. The molecule has 2 aromatic heterocycles. The lowest BCUT2D eigenvalue weighted by atomic mass is 10.1. The lowest BCUT2D eigenvalue weighted by Gasteiger charge is -2.11. The quantitative estimate of drug-likeness (QED) is 0.437. The van der Waals surface area contributed by atoms with E-state index in [0.29, 0.717) is 24.2 Å². The Kier molecular flexibility index (Phi) is 6.40. The Morgan fingerprint density at radius 2 is 1.76 bits per heavy atom. The van der Waals surface area contributed by atoms with E-state index in [-0.39, 0.29) is 17.6 Å². The topological polar surface area (TPSA) is 89.2 Å². The second kappa shape index (κ2) is 9.56. The zero-order chi connectivity index (χ0) is 23.4. The number of nitrogens with one attached hydrogen (secondary N) is 2. The highest BCUT2D eigenvalue weighted by Crippen LogP contribution is 2.18. The van der Waals surface area contributed by atoms with Gasteiger partial charge in [-0.1, -0.05) is 18.2 Å². The van der Waals surface area contributed by atoms with Crippen molar-refractivity contribution < 1.29 is 14.0 Å². The van der Waals surface area contributed by atoms with Gasteiger partial charge in [-0.2, -0.15) is 5.10 Å². The first kappa shape index (κ1) is 22.1. The van der Waals surface area contributed by atoms with Crippen LogP contribution in [0.4, 0.5) is 5.69 Å². The Bertz CT molecular complexity index is 1270. The molecule has 2 amide bonds. The van der Waals surface area contributed by atoms with E-state index in [9.17, 15) is 9.59 Å². The van der Waals surface area contributed by atoms with Crippen LogP contribution in [-0.4, -0.2) is 28.1 Å². The van der Waals surface area contributed by atoms with E-state index in [4.69, 9.17) is 4.42 Å². The van der Waals surface area contributed by atoms with Crippen molar-refractivity contribution in [3.05, 3.63) is 101 Å². The monoisotopic (exact) mass is 442 g/mol. The normalized spacial score (nSPS) is 10.8. The smallest absolute Gasteiger partial charge is 0.291 e. The van der Waals surface area contributed by atoms with Crippen molar-refractivity contribution in [1.82, 2.24) is 15.1 Å². The van der Waals surface area contributed by atoms with Crippen LogP contribution in [0.1, 0.15) is 43.4 Å². The molecule has 0 radical (unpaired) electrons. The molecule has 0 aliphatic rings. The number of benzene rings is 2. The van der Waals surface area contributed by atoms with E-state index >= 15 is 0 Å². The zero-order valence-electron chi connectivity index (χ0n) is 18.9. The van der Waals surface area contributed by atoms with Gasteiger partial charge < -0.3 is 15.1 Å². The fraction of sp³-hybridized carbons (Fsp3) is 0.192. The number of hydrogen-bond acceptors (Lipinski definition) is 4. The first-order valence-electron chi connectivity index (χ1n) is 10.8. The molecule has 7 heteroatoms. The molecular weight excluding hydrogens is 416 g/mol. The summed E-state index contributed by atoms with van der Waals surface area (Å²) in [6, 6.07) is 18.7. The van der Waals surface area contributed by atoms with Gasteiger partial charge in [0.15, 0.2) is 5.76 Å². The van der Waals surface area contributed by atoms with Gasteiger partial charge in [0.2, 0.25) is 0 Å². The van der Waals surface area contributed by atoms with Crippen molar-refractivity contribution in [2.24, 2.45) is 0 Å². The Morgan fingerprint density at radius 3 is 2.42 bits per heavy atom. The van der Waals surface area contributed by atoms with Gasteiger partial charge in [-0.05, 0) is 80.8 Å². The first-order valence-corrected chi connectivity index (χ1v) is 10.8. The van der Waals surface area contributed by atoms with E-state index in [2.05, 4.69) is 15.7 Å². The van der Waals surface area contributed by atoms with Gasteiger partial charge in [-0.15, -0.1) is 0 Å². The second-order valence-electron chi connectivity index (χ2n) is 7.97. The predicted molar refractivity (Wildman–Crippen MR) is 127 cm³/mol. The van der Waals surface area contributed by atoms with E-state index in [0.717, 1.165) is 28.2 Å². The van der Waals surface area contributed by atoms with Crippen molar-refractivity contribution in [2.45, 2.75) is 27.2 Å². The first-order chi connectivity index (χ1) is 15.9. The molecule has 0 saturated carbocycles. The van der Waals surface area contributed by atoms with Crippen LogP contribution in [0.2, 0.25) is 0 Å². The molecule has 0 atom stereocenters. The fourth-order valence-corrected chi connectivity index (χ4v) is 3.61. The lowest BCUT2D eigenvalue weighted by molar-refractivity contribution is 0.0952. The standard InChI is InChI=1S/C26H26N4O3/c1-17-6-9-21(16-23(17)28-26(32)24-5-4-14-33-24)25(31)27-13-12-20-7-10-22(11-8-20)30-19(3)15-18(2)29-30/h4-11,14-16H,12-13H2,1-3H3,(H,27,31)(H,28,32). The number of rotatable bonds is 7. The number of amides is 2. The molecule has 2 heterocycles. The number of aromatic nitrogens is 2. The minimum absolute atomic E-state index is 0.192. The second-order valence-corrected chi connectivity index (χ2v) is 7.97. The van der Waals surface area contributed by atoms with Crippen LogP contribution in [0.15, 0.2) is 71.3 Å². The fourth-order valence-electron chi connectivity index (χ4n) is 3.61. The molecule has 0 spiro atoms. The summed E-state index contributed by atoms with van der Waals surface area (Å²) in [4.78, 5) is 24.9. The third kappa shape index (κ3) is 5.20. The van der Waals surface area contributed by atoms with Crippen LogP contribution in [0.25, 0.3) is 5.69 Å². The molecule has 0 saturated heterocycles. The molecule has 33 heavy (non-hydrogen) atoms. The molecule has 0 aliphatic heterocycles. The molecule has 0 fully saturated rings. The molecule has 4 rings (SSSR count). The van der Waals surface area contributed by atoms with Gasteiger partial charge in [-0.25, -0.2) is 4.68 Å². The third-order valence-corrected chi connectivity index (χ3v) is 5.38. The maximum atomic E-state index is 12.6. The predicted octanol–water partition coefficient (Wildman–Crippen LogP) is 4.62. The van der Waals surface area contributed by atoms with Crippen LogP contribution in [0.3, 0.4) is 0 Å². The molecule has 2 N–H and O–H groups in total. The highest BCUT2D eigenvalue weighted by Gasteiger charge is 2.13. The number of nitrogens with zero attached hydrogens (tertiary/aromatic N) is 2. The number of hydrogen-bond donors (Lipinski definition) is 2. The molecule has 7 nitrogen and oxygen atoms in total. The Hall–Kier alpha value is -4.13. The highest BCUT2D eigenvalue weighted by atomic mass is 16.3. The summed E-state index contributed by atoms with van der Waals surface area (Å²) in [6.45, 7) is 6.38. The summed E-state index contributed by atoms with van der Waals surface area (Å²) in [5.74, 6) is -0.333. The van der Waals surface area contributed by atoms with Crippen LogP contribution < -0.4 is 10.6 Å². The highest BCUT2D eigenvalue weighted by molar-refractivity contribution is 6.03. The zero-order valence-corrected chi connectivity index (χ0v) is 18.9. The van der Waals surface area contributed by atoms with E-state index in [1.807, 2.05) is 61.9 Å². The van der Waals surface area contributed by atoms with E-state index in [1.54, 1.807) is 24.3 Å². The number of anilines is 1. The lowest BCUT2D eigenvalue weighted by Crippen LogP contribution is -2.26. The van der Waals surface area contributed by atoms with Crippen molar-refractivity contribution in [3.8, 4) is 5.69 Å². The van der Waals surface area contributed by atoms with Gasteiger partial charge in [0.25, 0.3) is 11.8 Å². The van der Waals surface area contributed by atoms with E-state index in [1.165, 1.54) is 6.26 Å². The van der Waals surface area contributed by atoms with Crippen LogP contribution >= 0.6 is 0 Å². The summed E-state index contributed by atoms with van der Waals surface area (Å²) in [7, 11) is 0. The van der Waals surface area contributed by atoms with E-state index < -0.39 is 0 Å². The Labute approximate surface area is 192 Å². The summed E-state index contributed by atoms with van der Waals surface area (Å²) < 4.78 is 7.04. The van der Waals surface area contributed by atoms with Crippen molar-refractivity contribution in [1.29, 1.82) is 0 Å². The van der Waals surface area contributed by atoms with Crippen molar-refractivity contribution >= 4 is 17.5 Å². The van der Waals surface area contributed by atoms with Crippen LogP contribution in [0, 0.1) is 20.8 Å². The maximum absolute atomic E-state index is 12.6. The molecule has 168 valence electrons. The molecule has 0 bridgehead atoms. The molecule has 0 aliphatic carbocycles. The largest absolute Gasteiger partial charge is 0.459 e. The summed E-state index contributed by atoms with van der Waals surface area (Å²) in [5.41, 5.74) is 6.12. The van der Waals surface area contributed by atoms with Gasteiger partial charge in [0.1, 0.15) is 0 Å². The summed E-state index contributed by atoms with van der Waals surface area (Å²) >= 11 is 0. The van der Waals surface area contributed by atoms with Crippen LogP contribution in [-0.2, 0) is 6.42 Å². The number of furan rings is 1. The number of aryl methyl sites for hydroxylation is 3. The minimum Gasteiger partial charge on any atom is -0.459 e. The van der Waals surface area contributed by atoms with Crippen molar-refractivity contribution in [3.63, 3.8) is 0 Å². The van der Waals surface area contributed by atoms with Gasteiger partial charge in [0, 0.05) is 23.5 Å².